The Bertz CT molecular complexity index is 1160. The van der Waals surface area contributed by atoms with Crippen molar-refractivity contribution in [2.75, 3.05) is 0 Å². The molecule has 7 heteroatoms. The number of benzene rings is 3. The number of hydrogen-bond acceptors (Lipinski definition) is 2. The third-order valence-electron chi connectivity index (χ3n) is 4.36. The predicted molar refractivity (Wildman–Crippen MR) is 115 cm³/mol. The molecule has 1 N–H and O–H groups in total. The zero-order valence-corrected chi connectivity index (χ0v) is 15.6. The average Bonchev–Trinajstić information content (AvgIpc) is 3.05. The van der Waals surface area contributed by atoms with Gasteiger partial charge in [-0.2, -0.15) is 0 Å². The summed E-state index contributed by atoms with van der Waals surface area (Å²) in [6.07, 6.45) is 1.76. The average molecular weight is 405 g/mol. The number of halogens is 2. The summed E-state index contributed by atoms with van der Waals surface area (Å²) in [5, 5.41) is 10.1. The van der Waals surface area contributed by atoms with Crippen molar-refractivity contribution in [3.05, 3.63) is 82.6 Å². The summed E-state index contributed by atoms with van der Waals surface area (Å²) in [4.78, 5) is 15.3. The molecule has 0 saturated carbocycles. The van der Waals surface area contributed by atoms with Crippen LogP contribution in [0.5, 0.6) is 0 Å². The van der Waals surface area contributed by atoms with E-state index in [0.717, 1.165) is 33.4 Å². The van der Waals surface area contributed by atoms with Crippen LogP contribution in [0.3, 0.4) is 0 Å². The molecule has 4 rings (SSSR count). The van der Waals surface area contributed by atoms with Crippen molar-refractivity contribution in [1.29, 1.82) is 0 Å². The molecule has 28 heavy (non-hydrogen) atoms. The Labute approximate surface area is 183 Å². The van der Waals surface area contributed by atoms with Gasteiger partial charge in [0.25, 0.3) is 0 Å². The summed E-state index contributed by atoms with van der Waals surface area (Å²) < 4.78 is 1.97. The van der Waals surface area contributed by atoms with Gasteiger partial charge in [-0.1, -0.05) is 47.5 Å². The van der Waals surface area contributed by atoms with Gasteiger partial charge >= 0.3 is 24.8 Å². The first-order chi connectivity index (χ1) is 13.0. The van der Waals surface area contributed by atoms with Gasteiger partial charge in [0.2, 0.25) is 0 Å². The Hall–Kier alpha value is -2.22. The Morgan fingerprint density at radius 2 is 1.75 bits per heavy atom. The van der Waals surface area contributed by atoms with E-state index in [4.69, 9.17) is 28.3 Å². The van der Waals surface area contributed by atoms with Crippen LogP contribution in [0.2, 0.25) is 10.0 Å². The van der Waals surface area contributed by atoms with Crippen molar-refractivity contribution in [3.8, 4) is 16.8 Å². The maximum absolute atomic E-state index is 10.8. The van der Waals surface area contributed by atoms with Gasteiger partial charge in [-0.3, -0.25) is 9.36 Å². The van der Waals surface area contributed by atoms with Gasteiger partial charge in [-0.05, 0) is 47.5 Å². The van der Waals surface area contributed by atoms with Crippen LogP contribution in [0.4, 0.5) is 0 Å². The number of fused-ring (bicyclic) bond motifs is 1. The molecule has 0 fully saturated rings. The van der Waals surface area contributed by atoms with Crippen molar-refractivity contribution in [3.63, 3.8) is 0 Å². The maximum atomic E-state index is 10.8. The first kappa shape index (κ1) is 20.5. The third-order valence-corrected chi connectivity index (χ3v) is 4.91. The molecule has 1 heterocycles. The van der Waals surface area contributed by atoms with E-state index in [1.54, 1.807) is 12.4 Å². The van der Waals surface area contributed by atoms with Crippen LogP contribution in [0.15, 0.2) is 67.0 Å². The second kappa shape index (κ2) is 8.42. The van der Waals surface area contributed by atoms with Crippen molar-refractivity contribution in [2.24, 2.45) is 0 Å². The molecule has 0 aliphatic rings. The molecular weight excluding hydrogens is 390 g/mol. The predicted octanol–water partition coefficient (Wildman–Crippen LogP) is 4.98. The van der Waals surface area contributed by atoms with E-state index < -0.39 is 5.97 Å². The SMILES string of the molecule is O=C(O)Cc1ccc(-n2cnc3cc(-c4ccc(Cl)cc4Cl)ccc32)cc1.[LiH]. The van der Waals surface area contributed by atoms with Gasteiger partial charge in [-0.25, -0.2) is 4.98 Å². The molecule has 0 atom stereocenters. The number of carboxylic acid groups (broad SMARTS) is 1. The van der Waals surface area contributed by atoms with Crippen molar-refractivity contribution < 1.29 is 9.90 Å². The molecule has 0 aliphatic carbocycles. The number of nitrogens with zero attached hydrogens (tertiary/aromatic N) is 2. The fourth-order valence-electron chi connectivity index (χ4n) is 3.06. The molecular formula is C21H15Cl2LiN2O2. The molecule has 0 radical (unpaired) electrons. The van der Waals surface area contributed by atoms with Crippen LogP contribution in [0.1, 0.15) is 5.56 Å². The van der Waals surface area contributed by atoms with Gasteiger partial charge in [0.15, 0.2) is 0 Å². The number of aliphatic carboxylic acids is 1. The van der Waals surface area contributed by atoms with Crippen LogP contribution in [-0.4, -0.2) is 39.5 Å². The molecule has 136 valence electrons. The first-order valence-electron chi connectivity index (χ1n) is 8.25. The fraction of sp³-hybridized carbons (Fsp3) is 0.0476. The van der Waals surface area contributed by atoms with Crippen LogP contribution < -0.4 is 0 Å². The monoisotopic (exact) mass is 404 g/mol. The van der Waals surface area contributed by atoms with Crippen molar-refractivity contribution in [1.82, 2.24) is 9.55 Å². The summed E-state index contributed by atoms with van der Waals surface area (Å²) in [6.45, 7) is 0. The van der Waals surface area contributed by atoms with Crippen LogP contribution in [-0.2, 0) is 11.2 Å². The van der Waals surface area contributed by atoms with E-state index in [-0.39, 0.29) is 25.3 Å². The Morgan fingerprint density at radius 3 is 2.43 bits per heavy atom. The molecule has 0 bridgehead atoms. The molecule has 4 aromatic rings. The Morgan fingerprint density at radius 1 is 1.00 bits per heavy atom. The van der Waals surface area contributed by atoms with Gasteiger partial charge < -0.3 is 5.11 Å². The number of imidazole rings is 1. The Kier molecular flexibility index (Phi) is 6.17. The van der Waals surface area contributed by atoms with E-state index in [0.29, 0.717) is 10.0 Å². The molecule has 3 aromatic carbocycles. The third kappa shape index (κ3) is 4.11. The Balaban J connectivity index is 0.00000225. The van der Waals surface area contributed by atoms with E-state index in [1.807, 2.05) is 59.2 Å². The fourth-order valence-corrected chi connectivity index (χ4v) is 3.58. The topological polar surface area (TPSA) is 55.1 Å². The summed E-state index contributed by atoms with van der Waals surface area (Å²) in [7, 11) is 0. The van der Waals surface area contributed by atoms with Gasteiger partial charge in [0.1, 0.15) is 6.33 Å². The summed E-state index contributed by atoms with van der Waals surface area (Å²) in [5.74, 6) is -0.843. The molecule has 4 nitrogen and oxygen atoms in total. The van der Waals surface area contributed by atoms with Gasteiger partial charge in [0, 0.05) is 21.3 Å². The molecule has 0 saturated heterocycles. The van der Waals surface area contributed by atoms with E-state index in [2.05, 4.69) is 4.98 Å². The minimum absolute atomic E-state index is 0. The quantitative estimate of drug-likeness (QED) is 0.488. The molecule has 0 spiro atoms. The first-order valence-corrected chi connectivity index (χ1v) is 9.00. The van der Waals surface area contributed by atoms with Gasteiger partial charge in [0.05, 0.1) is 17.5 Å². The van der Waals surface area contributed by atoms with Crippen LogP contribution in [0.25, 0.3) is 27.8 Å². The summed E-state index contributed by atoms with van der Waals surface area (Å²) in [6, 6.07) is 18.8. The number of rotatable bonds is 4. The standard InChI is InChI=1S/C21H14Cl2N2O2.Li.H/c22-15-4-7-17(18(23)11-15)14-3-8-20-19(10-14)24-12-25(20)16-5-1-13(2-6-16)9-21(26)27;;/h1-8,10-12H,9H2,(H,26,27);;. The number of carbonyl (C=O) groups is 1. The van der Waals surface area contributed by atoms with E-state index in [9.17, 15) is 4.79 Å². The summed E-state index contributed by atoms with van der Waals surface area (Å²) in [5.41, 5.74) is 5.34. The zero-order chi connectivity index (χ0) is 19.0. The molecule has 0 unspecified atom stereocenters. The molecule has 0 amide bonds. The number of hydrogen-bond donors (Lipinski definition) is 1. The van der Waals surface area contributed by atoms with Crippen molar-refractivity contribution >= 4 is 59.1 Å². The number of aromatic nitrogens is 2. The zero-order valence-electron chi connectivity index (χ0n) is 14.1. The molecule has 0 aliphatic heterocycles. The van der Waals surface area contributed by atoms with E-state index in [1.165, 1.54) is 0 Å². The minimum atomic E-state index is -0.843. The second-order valence-electron chi connectivity index (χ2n) is 6.18. The van der Waals surface area contributed by atoms with Crippen LogP contribution >= 0.6 is 23.2 Å². The van der Waals surface area contributed by atoms with Gasteiger partial charge in [-0.15, -0.1) is 0 Å². The van der Waals surface area contributed by atoms with Crippen LogP contribution in [0, 0.1) is 0 Å². The van der Waals surface area contributed by atoms with Crippen molar-refractivity contribution in [2.45, 2.75) is 6.42 Å². The molecule has 1 aromatic heterocycles. The summed E-state index contributed by atoms with van der Waals surface area (Å²) >= 11 is 12.3. The number of carboxylic acids is 1. The second-order valence-corrected chi connectivity index (χ2v) is 7.02. The van der Waals surface area contributed by atoms with E-state index >= 15 is 0 Å². The normalized spacial score (nSPS) is 10.6.